The monoisotopic (exact) mass is 320 g/mol. The van der Waals surface area contributed by atoms with Crippen LogP contribution in [0.1, 0.15) is 26.1 Å². The molecule has 1 aromatic heterocycles. The number of hydrogen-bond acceptors (Lipinski definition) is 3. The molecule has 2 aromatic rings. The Kier molecular flexibility index (Phi) is 3.78. The summed E-state index contributed by atoms with van der Waals surface area (Å²) in [7, 11) is 0. The fraction of sp³-hybridized carbons (Fsp3) is 0.400. The number of hydrogen-bond donors (Lipinski definition) is 0. The van der Waals surface area contributed by atoms with Crippen LogP contribution in [0.5, 0.6) is 0 Å². The molecule has 1 aromatic carbocycles. The van der Waals surface area contributed by atoms with Crippen molar-refractivity contribution in [2.24, 2.45) is 5.92 Å². The fourth-order valence-corrected chi connectivity index (χ4v) is 2.55. The molecule has 3 rings (SSSR count). The first-order chi connectivity index (χ1) is 10.5. The maximum atomic E-state index is 12.5. The highest BCUT2D eigenvalue weighted by atomic mass is 35.5. The van der Waals surface area contributed by atoms with E-state index in [0.717, 1.165) is 11.0 Å². The molecule has 6 nitrogen and oxygen atoms in total. The largest absolute Gasteiger partial charge is 0.354 e. The zero-order valence-corrected chi connectivity index (χ0v) is 13.2. The summed E-state index contributed by atoms with van der Waals surface area (Å²) >= 11 is 5.85. The molecule has 1 aliphatic heterocycles. The number of carbonyl (C=O) groups excluding carboxylic acids is 1. The number of nitrogens with zero attached hydrogens (tertiary/aromatic N) is 4. The van der Waals surface area contributed by atoms with Crippen molar-refractivity contribution in [3.05, 3.63) is 45.6 Å². The van der Waals surface area contributed by atoms with Gasteiger partial charge in [-0.05, 0) is 36.6 Å². The Morgan fingerprint density at radius 1 is 1.23 bits per heavy atom. The third-order valence-electron chi connectivity index (χ3n) is 3.68. The first-order valence-electron chi connectivity index (χ1n) is 7.23. The number of aromatic nitrogens is 3. The van der Waals surface area contributed by atoms with Gasteiger partial charge in [-0.2, -0.15) is 9.67 Å². The van der Waals surface area contributed by atoms with Crippen molar-refractivity contribution in [3.8, 4) is 0 Å². The van der Waals surface area contributed by atoms with Gasteiger partial charge in [0, 0.05) is 17.3 Å². The van der Waals surface area contributed by atoms with Crippen molar-refractivity contribution in [2.45, 2.75) is 33.4 Å². The minimum Gasteiger partial charge on any atom is -0.286 e. The van der Waals surface area contributed by atoms with E-state index < -0.39 is 0 Å². The van der Waals surface area contributed by atoms with Crippen LogP contribution in [-0.2, 0) is 13.1 Å². The van der Waals surface area contributed by atoms with Crippen molar-refractivity contribution in [3.63, 3.8) is 0 Å². The van der Waals surface area contributed by atoms with Crippen molar-refractivity contribution in [1.82, 2.24) is 14.3 Å². The number of fused-ring (bicyclic) bond motifs is 1. The maximum Gasteiger partial charge on any atom is 0.354 e. The van der Waals surface area contributed by atoms with E-state index in [1.807, 2.05) is 0 Å². The van der Waals surface area contributed by atoms with Crippen LogP contribution in [0.25, 0.3) is 0 Å². The van der Waals surface area contributed by atoms with Gasteiger partial charge in [-0.15, -0.1) is 0 Å². The Morgan fingerprint density at radius 2 is 1.91 bits per heavy atom. The smallest absolute Gasteiger partial charge is 0.286 e. The molecule has 0 spiro atoms. The number of rotatable bonds is 4. The summed E-state index contributed by atoms with van der Waals surface area (Å²) in [6.45, 7) is 5.00. The predicted octanol–water partition coefficient (Wildman–Crippen LogP) is 2.73. The Balaban J connectivity index is 1.86. The van der Waals surface area contributed by atoms with Gasteiger partial charge in [0.1, 0.15) is 0 Å². The molecule has 0 aliphatic carbocycles. The summed E-state index contributed by atoms with van der Waals surface area (Å²) in [5, 5.41) is 4.89. The van der Waals surface area contributed by atoms with Crippen LogP contribution in [0.3, 0.4) is 0 Å². The number of carbonyl (C=O) groups is 1. The summed E-state index contributed by atoms with van der Waals surface area (Å²) in [5.74, 6) is 0.957. The molecular formula is C15H17ClN4O2. The fourth-order valence-electron chi connectivity index (χ4n) is 2.43. The number of amides is 1. The highest BCUT2D eigenvalue weighted by molar-refractivity contribution is 6.30. The second kappa shape index (κ2) is 5.61. The van der Waals surface area contributed by atoms with Crippen LogP contribution in [-0.4, -0.2) is 20.4 Å². The second-order valence-electron chi connectivity index (χ2n) is 5.79. The molecule has 0 atom stereocenters. The van der Waals surface area contributed by atoms with Crippen LogP contribution in [0.2, 0.25) is 5.02 Å². The minimum atomic E-state index is -0.364. The summed E-state index contributed by atoms with van der Waals surface area (Å²) in [4.78, 5) is 26.3. The van der Waals surface area contributed by atoms with Crippen LogP contribution in [0.4, 0.5) is 10.5 Å². The molecule has 0 bridgehead atoms. The van der Waals surface area contributed by atoms with E-state index in [1.54, 1.807) is 24.3 Å². The molecule has 0 saturated carbocycles. The van der Waals surface area contributed by atoms with E-state index in [2.05, 4.69) is 18.9 Å². The Bertz CT molecular complexity index is 761. The topological polar surface area (TPSA) is 60.1 Å². The van der Waals surface area contributed by atoms with Gasteiger partial charge in [-0.3, -0.25) is 4.90 Å². The lowest BCUT2D eigenvalue weighted by atomic mass is 10.1. The SMILES string of the molecule is CC(C)CCn1nc2n(c1=O)C(=O)N(c1ccc(Cl)cc1)C2. The molecule has 0 unspecified atom stereocenters. The molecule has 7 heteroatoms. The minimum absolute atomic E-state index is 0.296. The van der Waals surface area contributed by atoms with Crippen molar-refractivity contribution < 1.29 is 4.79 Å². The standard InChI is InChI=1S/C15H17ClN4O2/c1-10(2)7-8-19-15(22)20-13(17-19)9-18(14(20)21)12-5-3-11(16)4-6-12/h3-6,10H,7-9H2,1-2H3. The van der Waals surface area contributed by atoms with E-state index in [4.69, 9.17) is 11.6 Å². The van der Waals surface area contributed by atoms with Gasteiger partial charge in [0.25, 0.3) is 0 Å². The summed E-state index contributed by atoms with van der Waals surface area (Å²) in [5.41, 5.74) is 0.338. The molecule has 0 fully saturated rings. The summed E-state index contributed by atoms with van der Waals surface area (Å²) < 4.78 is 2.53. The Labute approximate surface area is 132 Å². The molecule has 1 amide bonds. The van der Waals surface area contributed by atoms with E-state index >= 15 is 0 Å². The van der Waals surface area contributed by atoms with Gasteiger partial charge in [0.05, 0.1) is 6.54 Å². The lowest BCUT2D eigenvalue weighted by molar-refractivity contribution is 0.249. The molecule has 116 valence electrons. The quantitative estimate of drug-likeness (QED) is 0.870. The molecule has 0 radical (unpaired) electrons. The van der Waals surface area contributed by atoms with Crippen LogP contribution < -0.4 is 10.6 Å². The van der Waals surface area contributed by atoms with E-state index in [-0.39, 0.29) is 11.7 Å². The molecule has 1 aliphatic rings. The first kappa shape index (κ1) is 14.8. The number of anilines is 1. The Morgan fingerprint density at radius 3 is 2.50 bits per heavy atom. The lowest BCUT2D eigenvalue weighted by Crippen LogP contribution is -2.35. The average Bonchev–Trinajstić information content (AvgIpc) is 2.96. The van der Waals surface area contributed by atoms with Gasteiger partial charge < -0.3 is 0 Å². The summed E-state index contributed by atoms with van der Waals surface area (Å²) in [6.07, 6.45) is 0.853. The zero-order chi connectivity index (χ0) is 15.9. The van der Waals surface area contributed by atoms with Crippen molar-refractivity contribution >= 4 is 23.3 Å². The molecule has 0 N–H and O–H groups in total. The van der Waals surface area contributed by atoms with Crippen LogP contribution >= 0.6 is 11.6 Å². The van der Waals surface area contributed by atoms with Gasteiger partial charge in [0.2, 0.25) is 0 Å². The highest BCUT2D eigenvalue weighted by Gasteiger charge is 2.33. The summed E-state index contributed by atoms with van der Waals surface area (Å²) in [6, 6.07) is 6.57. The van der Waals surface area contributed by atoms with E-state index in [9.17, 15) is 9.59 Å². The lowest BCUT2D eigenvalue weighted by Gasteiger charge is -2.14. The predicted molar refractivity (Wildman–Crippen MR) is 84.4 cm³/mol. The van der Waals surface area contributed by atoms with Crippen molar-refractivity contribution in [2.75, 3.05) is 4.90 Å². The molecular weight excluding hydrogens is 304 g/mol. The molecule has 0 saturated heterocycles. The van der Waals surface area contributed by atoms with Gasteiger partial charge in [-0.1, -0.05) is 25.4 Å². The van der Waals surface area contributed by atoms with Crippen LogP contribution in [0.15, 0.2) is 29.1 Å². The molecule has 22 heavy (non-hydrogen) atoms. The number of benzene rings is 1. The second-order valence-corrected chi connectivity index (χ2v) is 6.22. The number of halogens is 1. The first-order valence-corrected chi connectivity index (χ1v) is 7.61. The van der Waals surface area contributed by atoms with E-state index in [1.165, 1.54) is 9.58 Å². The molecule has 2 heterocycles. The van der Waals surface area contributed by atoms with Gasteiger partial charge >= 0.3 is 11.7 Å². The highest BCUT2D eigenvalue weighted by Crippen LogP contribution is 2.23. The van der Waals surface area contributed by atoms with Crippen molar-refractivity contribution in [1.29, 1.82) is 0 Å². The third-order valence-corrected chi connectivity index (χ3v) is 3.94. The van der Waals surface area contributed by atoms with E-state index in [0.29, 0.717) is 35.5 Å². The van der Waals surface area contributed by atoms with Gasteiger partial charge in [0.15, 0.2) is 5.82 Å². The zero-order valence-electron chi connectivity index (χ0n) is 12.5. The maximum absolute atomic E-state index is 12.5. The normalized spacial score (nSPS) is 14.0. The average molecular weight is 321 g/mol. The number of aryl methyl sites for hydroxylation is 1. The van der Waals surface area contributed by atoms with Crippen LogP contribution in [0, 0.1) is 5.92 Å². The third kappa shape index (κ3) is 2.54. The van der Waals surface area contributed by atoms with Gasteiger partial charge in [-0.25, -0.2) is 14.3 Å². The Hall–Kier alpha value is -2.08.